The van der Waals surface area contributed by atoms with Crippen LogP contribution in [0.3, 0.4) is 0 Å². The van der Waals surface area contributed by atoms with Crippen LogP contribution in [0.1, 0.15) is 25.0 Å². The van der Waals surface area contributed by atoms with Crippen molar-refractivity contribution in [3.63, 3.8) is 0 Å². The Morgan fingerprint density at radius 1 is 0.367 bits per heavy atom. The molecule has 7 aromatic carbocycles. The molecule has 49 heavy (non-hydrogen) atoms. The lowest BCUT2D eigenvalue weighted by Gasteiger charge is -2.22. The maximum atomic E-state index is 5.17. The van der Waals surface area contributed by atoms with Crippen LogP contribution in [0.15, 0.2) is 170 Å². The van der Waals surface area contributed by atoms with Gasteiger partial charge in [0.1, 0.15) is 0 Å². The molecule has 0 atom stereocenters. The third-order valence-electron chi connectivity index (χ3n) is 10.1. The van der Waals surface area contributed by atoms with E-state index in [-0.39, 0.29) is 5.41 Å². The SMILES string of the molecule is CC1(C)c2cc3ccccc3cc2-c2c(-c3cccc(-c4ccccc4-c4nc(-c5ccccc5)cc(-c5ccccc5)n4)c3)cccc21. The van der Waals surface area contributed by atoms with Crippen LogP contribution in [0.25, 0.3) is 78.1 Å². The van der Waals surface area contributed by atoms with Crippen LogP contribution in [0.2, 0.25) is 0 Å². The molecule has 232 valence electrons. The third-order valence-corrected chi connectivity index (χ3v) is 10.1. The predicted octanol–water partition coefficient (Wildman–Crippen LogP) is 12.3. The van der Waals surface area contributed by atoms with E-state index in [0.717, 1.165) is 39.2 Å². The van der Waals surface area contributed by atoms with Crippen molar-refractivity contribution in [2.75, 3.05) is 0 Å². The summed E-state index contributed by atoms with van der Waals surface area (Å²) in [4.78, 5) is 10.3. The Labute approximate surface area is 287 Å². The van der Waals surface area contributed by atoms with Crippen molar-refractivity contribution in [3.8, 4) is 67.3 Å². The number of rotatable bonds is 5. The zero-order chi connectivity index (χ0) is 33.0. The molecule has 8 aromatic rings. The summed E-state index contributed by atoms with van der Waals surface area (Å²) in [5.74, 6) is 0.712. The normalized spacial score (nSPS) is 12.9. The second-order valence-corrected chi connectivity index (χ2v) is 13.4. The molecule has 2 heteroatoms. The van der Waals surface area contributed by atoms with E-state index in [0.29, 0.717) is 5.82 Å². The Hall–Kier alpha value is -6.12. The number of fused-ring (bicyclic) bond motifs is 4. The minimum Gasteiger partial charge on any atom is -0.228 e. The maximum Gasteiger partial charge on any atom is 0.161 e. The molecule has 0 bridgehead atoms. The molecular weight excluding hydrogens is 593 g/mol. The Kier molecular flexibility index (Phi) is 6.84. The Morgan fingerprint density at radius 3 is 1.55 bits per heavy atom. The number of benzene rings is 7. The van der Waals surface area contributed by atoms with E-state index in [9.17, 15) is 0 Å². The lowest BCUT2D eigenvalue weighted by atomic mass is 9.81. The zero-order valence-electron chi connectivity index (χ0n) is 27.6. The van der Waals surface area contributed by atoms with E-state index < -0.39 is 0 Å². The monoisotopic (exact) mass is 626 g/mol. The van der Waals surface area contributed by atoms with Crippen molar-refractivity contribution in [2.45, 2.75) is 19.3 Å². The van der Waals surface area contributed by atoms with Gasteiger partial charge in [0.05, 0.1) is 11.4 Å². The molecular formula is C47H34N2. The number of aromatic nitrogens is 2. The fourth-order valence-corrected chi connectivity index (χ4v) is 7.58. The molecule has 1 aliphatic carbocycles. The lowest BCUT2D eigenvalue weighted by molar-refractivity contribution is 0.661. The van der Waals surface area contributed by atoms with Crippen molar-refractivity contribution in [2.24, 2.45) is 0 Å². The second-order valence-electron chi connectivity index (χ2n) is 13.4. The van der Waals surface area contributed by atoms with Gasteiger partial charge in [-0.15, -0.1) is 0 Å². The summed E-state index contributed by atoms with van der Waals surface area (Å²) in [7, 11) is 0. The summed E-state index contributed by atoms with van der Waals surface area (Å²) in [5, 5.41) is 2.56. The van der Waals surface area contributed by atoms with Crippen molar-refractivity contribution >= 4 is 10.8 Å². The van der Waals surface area contributed by atoms with Gasteiger partial charge in [0, 0.05) is 22.1 Å². The number of hydrogen-bond acceptors (Lipinski definition) is 2. The highest BCUT2D eigenvalue weighted by molar-refractivity contribution is 5.99. The Balaban J connectivity index is 1.20. The van der Waals surface area contributed by atoms with Crippen LogP contribution in [0.5, 0.6) is 0 Å². The van der Waals surface area contributed by atoms with Gasteiger partial charge in [-0.25, -0.2) is 9.97 Å². The largest absolute Gasteiger partial charge is 0.228 e. The van der Waals surface area contributed by atoms with Gasteiger partial charge in [-0.05, 0) is 79.5 Å². The van der Waals surface area contributed by atoms with E-state index in [1.165, 1.54) is 44.2 Å². The average molecular weight is 627 g/mol. The van der Waals surface area contributed by atoms with Gasteiger partial charge >= 0.3 is 0 Å². The average Bonchev–Trinajstić information content (AvgIpc) is 3.39. The zero-order valence-corrected chi connectivity index (χ0v) is 27.6. The highest BCUT2D eigenvalue weighted by Crippen LogP contribution is 2.53. The molecule has 0 radical (unpaired) electrons. The molecule has 0 saturated carbocycles. The van der Waals surface area contributed by atoms with Crippen molar-refractivity contribution in [1.29, 1.82) is 0 Å². The van der Waals surface area contributed by atoms with Crippen LogP contribution in [0, 0.1) is 0 Å². The first kappa shape index (κ1) is 29.1. The van der Waals surface area contributed by atoms with Crippen molar-refractivity contribution in [1.82, 2.24) is 9.97 Å². The van der Waals surface area contributed by atoms with Crippen LogP contribution in [0.4, 0.5) is 0 Å². The molecule has 0 saturated heterocycles. The smallest absolute Gasteiger partial charge is 0.161 e. The van der Waals surface area contributed by atoms with Gasteiger partial charge in [0.25, 0.3) is 0 Å². The first-order chi connectivity index (χ1) is 24.0. The fraction of sp³-hybridized carbons (Fsp3) is 0.0638. The Bertz CT molecular complexity index is 2450. The molecule has 0 fully saturated rings. The first-order valence-corrected chi connectivity index (χ1v) is 16.9. The van der Waals surface area contributed by atoms with Crippen molar-refractivity contribution in [3.05, 3.63) is 181 Å². The fourth-order valence-electron chi connectivity index (χ4n) is 7.58. The molecule has 0 unspecified atom stereocenters. The van der Waals surface area contributed by atoms with Gasteiger partial charge < -0.3 is 0 Å². The summed E-state index contributed by atoms with van der Waals surface area (Å²) in [6.45, 7) is 4.71. The van der Waals surface area contributed by atoms with Crippen molar-refractivity contribution < 1.29 is 0 Å². The van der Waals surface area contributed by atoms with E-state index in [2.05, 4.69) is 172 Å². The summed E-state index contributed by atoms with van der Waals surface area (Å²) < 4.78 is 0. The Morgan fingerprint density at radius 2 is 0.878 bits per heavy atom. The van der Waals surface area contributed by atoms with E-state index in [1.54, 1.807) is 0 Å². The molecule has 0 aliphatic heterocycles. The van der Waals surface area contributed by atoms with E-state index in [4.69, 9.17) is 9.97 Å². The van der Waals surface area contributed by atoms with Gasteiger partial charge in [0.15, 0.2) is 5.82 Å². The quantitative estimate of drug-likeness (QED) is 0.190. The molecule has 0 amide bonds. The molecule has 0 spiro atoms. The minimum atomic E-state index is -0.0908. The van der Waals surface area contributed by atoms with Crippen LogP contribution >= 0.6 is 0 Å². The van der Waals surface area contributed by atoms with Crippen LogP contribution in [-0.2, 0) is 5.41 Å². The highest BCUT2D eigenvalue weighted by atomic mass is 14.9. The van der Waals surface area contributed by atoms with E-state index >= 15 is 0 Å². The third kappa shape index (κ3) is 4.96. The molecule has 9 rings (SSSR count). The van der Waals surface area contributed by atoms with E-state index in [1.807, 2.05) is 12.1 Å². The molecule has 0 N–H and O–H groups in total. The first-order valence-electron chi connectivity index (χ1n) is 16.9. The molecule has 1 aliphatic rings. The number of nitrogens with zero attached hydrogens (tertiary/aromatic N) is 2. The topological polar surface area (TPSA) is 25.8 Å². The molecule has 1 heterocycles. The minimum absolute atomic E-state index is 0.0908. The standard InChI is InChI=1S/C47H34N2/c1-47(2)41-26-14-25-38(45(41)40-28-33-19-9-10-20-34(33)29-42(40)47)36-22-13-21-35(27-36)37-23-11-12-24-39(37)46-48-43(31-15-5-3-6-16-31)30-44(49-46)32-17-7-4-8-18-32/h3-30H,1-2H3. The summed E-state index contributed by atoms with van der Waals surface area (Å²) in [5.41, 5.74) is 15.0. The predicted molar refractivity (Wildman–Crippen MR) is 204 cm³/mol. The van der Waals surface area contributed by atoms with Crippen LogP contribution < -0.4 is 0 Å². The van der Waals surface area contributed by atoms with Gasteiger partial charge in [0.2, 0.25) is 0 Å². The molecule has 1 aromatic heterocycles. The maximum absolute atomic E-state index is 5.17. The summed E-state index contributed by atoms with van der Waals surface area (Å²) in [6, 6.07) is 60.6. The highest BCUT2D eigenvalue weighted by Gasteiger charge is 2.37. The van der Waals surface area contributed by atoms with Gasteiger partial charge in [-0.3, -0.25) is 0 Å². The number of hydrogen-bond donors (Lipinski definition) is 0. The van der Waals surface area contributed by atoms with Gasteiger partial charge in [-0.1, -0.05) is 159 Å². The second kappa shape index (κ2) is 11.5. The summed E-state index contributed by atoms with van der Waals surface area (Å²) >= 11 is 0. The van der Waals surface area contributed by atoms with Crippen LogP contribution in [-0.4, -0.2) is 9.97 Å². The molecule has 2 nitrogen and oxygen atoms in total. The van der Waals surface area contributed by atoms with Gasteiger partial charge in [-0.2, -0.15) is 0 Å². The summed E-state index contributed by atoms with van der Waals surface area (Å²) in [6.07, 6.45) is 0. The lowest BCUT2D eigenvalue weighted by Crippen LogP contribution is -2.14.